The first-order chi connectivity index (χ1) is 28.6. The Morgan fingerprint density at radius 1 is 0.867 bits per heavy atom. The van der Waals surface area contributed by atoms with Crippen LogP contribution in [-0.4, -0.2) is 110 Å². The molecule has 0 aliphatic carbocycles. The van der Waals surface area contributed by atoms with Crippen LogP contribution >= 0.6 is 0 Å². The molecule has 4 saturated heterocycles. The molecule has 1 atom stereocenters. The number of amides is 5. The molecule has 60 heavy (non-hydrogen) atoms. The van der Waals surface area contributed by atoms with E-state index in [0.717, 1.165) is 93.4 Å². The van der Waals surface area contributed by atoms with Crippen molar-refractivity contribution in [2.75, 3.05) is 54.4 Å². The number of fused-ring (bicyclic) bond motifs is 1. The van der Waals surface area contributed by atoms with Crippen LogP contribution in [-0.2, 0) is 26.1 Å². The van der Waals surface area contributed by atoms with Gasteiger partial charge in [0.25, 0.3) is 17.7 Å². The Labute approximate surface area is 343 Å². The maximum Gasteiger partial charge on any atom is 0.416 e. The number of likely N-dealkylation sites (tertiary alicyclic amines) is 1. The van der Waals surface area contributed by atoms with E-state index in [1.165, 1.54) is 23.1 Å². The molecule has 7 heterocycles. The topological polar surface area (TPSA) is 158 Å². The molecule has 314 valence electrons. The molecule has 2 aromatic heterocycles. The van der Waals surface area contributed by atoms with E-state index in [-0.39, 0.29) is 35.2 Å². The van der Waals surface area contributed by atoms with Crippen molar-refractivity contribution in [1.29, 1.82) is 0 Å². The number of piperidine rings is 3. The number of anilines is 3. The Kier molecular flexibility index (Phi) is 9.59. The van der Waals surface area contributed by atoms with Crippen molar-refractivity contribution in [2.45, 2.75) is 76.2 Å². The van der Waals surface area contributed by atoms with Crippen molar-refractivity contribution in [1.82, 2.24) is 34.7 Å². The van der Waals surface area contributed by atoms with Crippen molar-refractivity contribution in [3.8, 4) is 5.69 Å². The number of hydrogen-bond acceptors (Lipinski definition) is 10. The highest BCUT2D eigenvalue weighted by atomic mass is 19.4. The molecular weight excluding hydrogens is 782 g/mol. The summed E-state index contributed by atoms with van der Waals surface area (Å²) in [5.41, 5.74) is 0.860. The van der Waals surface area contributed by atoms with Gasteiger partial charge in [-0.15, -0.1) is 0 Å². The third-order valence-electron chi connectivity index (χ3n) is 13.1. The zero-order valence-electron chi connectivity index (χ0n) is 33.2. The first-order valence-electron chi connectivity index (χ1n) is 20.3. The molecule has 1 spiro atoms. The van der Waals surface area contributed by atoms with Crippen LogP contribution in [0.4, 0.5) is 30.2 Å². The van der Waals surface area contributed by atoms with E-state index < -0.39 is 52.9 Å². The number of nitrogens with zero attached hydrogens (tertiary/aromatic N) is 8. The molecule has 5 aliphatic rings. The Morgan fingerprint density at radius 2 is 1.58 bits per heavy atom. The summed E-state index contributed by atoms with van der Waals surface area (Å²) in [7, 11) is 0. The van der Waals surface area contributed by atoms with Crippen molar-refractivity contribution in [3.63, 3.8) is 0 Å². The molecule has 4 aromatic rings. The second-order valence-corrected chi connectivity index (χ2v) is 17.1. The number of benzene rings is 2. The molecule has 2 N–H and O–H groups in total. The number of rotatable bonds is 8. The minimum absolute atomic E-state index is 0.0771. The number of imide groups is 2. The van der Waals surface area contributed by atoms with Crippen LogP contribution in [0.15, 0.2) is 67.3 Å². The molecule has 18 heteroatoms. The molecule has 9 rings (SSSR count). The number of hydrogen-bond donors (Lipinski definition) is 2. The summed E-state index contributed by atoms with van der Waals surface area (Å²) >= 11 is 0. The third kappa shape index (κ3) is 6.99. The standard InChI is InChI=1S/C42H45F3N10O5/c1-40(2,39(60)48-32-7-4-26(42(43,44)45)20-34(32)53-15-3-14-46-53)54-23-29(22-47-54)50-16-10-27(11-17-50)52-24-41(25-52)12-18-51(19-13-41)28-5-6-30-31(21-28)38(59)55(37(30)58)33-8-9-35(56)49-36(33)57/h3-7,14-15,20-23,27,33H,8-13,16-19,24-25H2,1-2H3,(H,48,60)(H,49,56,57). The number of alkyl halides is 3. The SMILES string of the molecule is CC(C)(C(=O)Nc1ccc(C(F)(F)F)cc1-n1cccn1)n1cc(N2CCC(N3CC4(CCN(c5ccc6c(c5)C(=O)N(C5CCC(=O)NC5=O)C6=O)CC4)C3)CC2)cn1. The fourth-order valence-corrected chi connectivity index (χ4v) is 9.35. The van der Waals surface area contributed by atoms with Gasteiger partial charge < -0.3 is 15.1 Å². The van der Waals surface area contributed by atoms with Gasteiger partial charge in [-0.3, -0.25) is 43.8 Å². The molecule has 2 aromatic carbocycles. The maximum absolute atomic E-state index is 13.7. The van der Waals surface area contributed by atoms with E-state index in [9.17, 15) is 37.1 Å². The van der Waals surface area contributed by atoms with Crippen LogP contribution in [0.2, 0.25) is 0 Å². The van der Waals surface area contributed by atoms with E-state index >= 15 is 0 Å². The van der Waals surface area contributed by atoms with Gasteiger partial charge in [-0.1, -0.05) is 0 Å². The molecule has 0 radical (unpaired) electrons. The maximum atomic E-state index is 13.7. The molecule has 5 amide bonds. The van der Waals surface area contributed by atoms with E-state index in [2.05, 4.69) is 35.5 Å². The number of carbonyl (C=O) groups excluding carboxylic acids is 5. The van der Waals surface area contributed by atoms with Gasteiger partial charge in [-0.2, -0.15) is 23.4 Å². The lowest BCUT2D eigenvalue weighted by Crippen LogP contribution is -2.64. The smallest absolute Gasteiger partial charge is 0.371 e. The van der Waals surface area contributed by atoms with Crippen molar-refractivity contribution < 1.29 is 37.1 Å². The van der Waals surface area contributed by atoms with Gasteiger partial charge in [0.1, 0.15) is 11.6 Å². The lowest BCUT2D eigenvalue weighted by molar-refractivity contribution is -0.138. The van der Waals surface area contributed by atoms with Crippen molar-refractivity contribution in [2.24, 2.45) is 5.41 Å². The fourth-order valence-electron chi connectivity index (χ4n) is 9.35. The van der Waals surface area contributed by atoms with Crippen LogP contribution in [0.1, 0.15) is 78.7 Å². The molecule has 0 bridgehead atoms. The lowest BCUT2D eigenvalue weighted by atomic mass is 9.70. The monoisotopic (exact) mass is 826 g/mol. The van der Waals surface area contributed by atoms with E-state index in [4.69, 9.17) is 0 Å². The van der Waals surface area contributed by atoms with Gasteiger partial charge in [0.15, 0.2) is 0 Å². The predicted molar refractivity (Wildman–Crippen MR) is 213 cm³/mol. The Bertz CT molecular complexity index is 2370. The quantitative estimate of drug-likeness (QED) is 0.244. The minimum atomic E-state index is -4.56. The highest BCUT2D eigenvalue weighted by Gasteiger charge is 2.48. The highest BCUT2D eigenvalue weighted by molar-refractivity contribution is 6.23. The molecule has 4 fully saturated rings. The molecular formula is C42H45F3N10O5. The summed E-state index contributed by atoms with van der Waals surface area (Å²) < 4.78 is 43.5. The average Bonchev–Trinajstić information content (AvgIpc) is 3.99. The van der Waals surface area contributed by atoms with E-state index in [1.807, 2.05) is 12.3 Å². The summed E-state index contributed by atoms with van der Waals surface area (Å²) in [5, 5.41) is 13.7. The van der Waals surface area contributed by atoms with E-state index in [0.29, 0.717) is 11.6 Å². The predicted octanol–water partition coefficient (Wildman–Crippen LogP) is 4.43. The van der Waals surface area contributed by atoms with E-state index in [1.54, 1.807) is 42.9 Å². The molecule has 5 aliphatic heterocycles. The Hall–Kier alpha value is -6.04. The summed E-state index contributed by atoms with van der Waals surface area (Å²) in [4.78, 5) is 72.4. The second-order valence-electron chi connectivity index (χ2n) is 17.1. The lowest BCUT2D eigenvalue weighted by Gasteiger charge is -2.57. The van der Waals surface area contributed by atoms with Crippen LogP contribution in [0.25, 0.3) is 5.69 Å². The van der Waals surface area contributed by atoms with Gasteiger partial charge in [-0.05, 0) is 93.8 Å². The number of aromatic nitrogens is 4. The van der Waals surface area contributed by atoms with Crippen LogP contribution in [0, 0.1) is 5.41 Å². The Morgan fingerprint density at radius 3 is 2.27 bits per heavy atom. The zero-order valence-corrected chi connectivity index (χ0v) is 33.2. The summed E-state index contributed by atoms with van der Waals surface area (Å²) in [5.74, 6) is -2.47. The van der Waals surface area contributed by atoms with Gasteiger partial charge in [0.05, 0.1) is 39.9 Å². The van der Waals surface area contributed by atoms with Crippen LogP contribution in [0.5, 0.6) is 0 Å². The first-order valence-corrected chi connectivity index (χ1v) is 20.3. The molecule has 0 saturated carbocycles. The first kappa shape index (κ1) is 39.4. The third-order valence-corrected chi connectivity index (χ3v) is 13.1. The van der Waals surface area contributed by atoms with Gasteiger partial charge >= 0.3 is 6.18 Å². The van der Waals surface area contributed by atoms with Gasteiger partial charge in [0, 0.05) is 76.0 Å². The van der Waals surface area contributed by atoms with Crippen LogP contribution < -0.4 is 20.4 Å². The normalized spacial score (nSPS) is 21.4. The molecule has 15 nitrogen and oxygen atoms in total. The van der Waals surface area contributed by atoms with Crippen molar-refractivity contribution >= 4 is 46.6 Å². The average molecular weight is 827 g/mol. The fraction of sp³-hybridized carbons (Fsp3) is 0.452. The minimum Gasteiger partial charge on any atom is -0.371 e. The number of nitrogens with one attached hydrogen (secondary N) is 2. The summed E-state index contributed by atoms with van der Waals surface area (Å²) in [6, 6.07) is 9.51. The van der Waals surface area contributed by atoms with Gasteiger partial charge in [-0.25, -0.2) is 4.68 Å². The summed E-state index contributed by atoms with van der Waals surface area (Å²) in [6.07, 6.45) is 6.20. The number of halogens is 3. The van der Waals surface area contributed by atoms with Crippen molar-refractivity contribution in [3.05, 3.63) is 83.9 Å². The summed E-state index contributed by atoms with van der Waals surface area (Å²) in [6.45, 7) is 8.81. The van der Waals surface area contributed by atoms with Crippen LogP contribution in [0.3, 0.4) is 0 Å². The number of carbonyl (C=O) groups is 5. The second kappa shape index (κ2) is 14.6. The highest BCUT2D eigenvalue weighted by Crippen LogP contribution is 2.44. The molecule has 1 unspecified atom stereocenters. The van der Waals surface area contributed by atoms with Gasteiger partial charge in [0.2, 0.25) is 11.8 Å². The Balaban J connectivity index is 0.765. The zero-order chi connectivity index (χ0) is 42.1. The largest absolute Gasteiger partial charge is 0.416 e.